The molecule has 1 N–H and O–H groups in total. The first kappa shape index (κ1) is 15.1. The van der Waals surface area contributed by atoms with Gasteiger partial charge in [0.1, 0.15) is 0 Å². The van der Waals surface area contributed by atoms with E-state index < -0.39 is 11.6 Å². The molecule has 0 aliphatic heterocycles. The Bertz CT molecular complexity index is 603. The van der Waals surface area contributed by atoms with Crippen LogP contribution in [0.4, 0.5) is 8.78 Å². The van der Waals surface area contributed by atoms with Gasteiger partial charge in [-0.25, -0.2) is 8.78 Å². The molecule has 0 aliphatic rings. The van der Waals surface area contributed by atoms with Crippen LogP contribution in [0, 0.1) is 11.6 Å². The summed E-state index contributed by atoms with van der Waals surface area (Å²) in [6, 6.07) is 2.77. The predicted molar refractivity (Wildman–Crippen MR) is 73.9 cm³/mol. The van der Waals surface area contributed by atoms with Crippen molar-refractivity contribution in [3.63, 3.8) is 0 Å². The highest BCUT2D eigenvalue weighted by molar-refractivity contribution is 9.10. The van der Waals surface area contributed by atoms with E-state index in [1.165, 1.54) is 6.07 Å². The fraction of sp³-hybridized carbons (Fsp3) is 0.385. The topological polar surface area (TPSA) is 51.0 Å². The maximum atomic E-state index is 13.5. The van der Waals surface area contributed by atoms with Crippen LogP contribution in [-0.2, 0) is 6.54 Å². The minimum atomic E-state index is -0.966. The van der Waals surface area contributed by atoms with Crippen LogP contribution >= 0.6 is 15.9 Å². The molecule has 1 atom stereocenters. The van der Waals surface area contributed by atoms with Crippen molar-refractivity contribution in [1.29, 1.82) is 0 Å². The number of hydrogen-bond acceptors (Lipinski definition) is 4. The third-order valence-corrected chi connectivity index (χ3v) is 3.73. The molecule has 2 aromatic rings. The fourth-order valence-electron chi connectivity index (χ4n) is 1.54. The summed E-state index contributed by atoms with van der Waals surface area (Å²) in [5.41, 5.74) is 0.349. The summed E-state index contributed by atoms with van der Waals surface area (Å²) in [6.07, 6.45) is 0.982. The first-order valence-electron chi connectivity index (χ1n) is 6.22. The summed E-state index contributed by atoms with van der Waals surface area (Å²) in [4.78, 5) is 4.16. The van der Waals surface area contributed by atoms with Gasteiger partial charge in [-0.2, -0.15) is 4.98 Å². The highest BCUT2D eigenvalue weighted by Crippen LogP contribution is 2.29. The average Bonchev–Trinajstić information content (AvgIpc) is 2.91. The molecule has 0 saturated carbocycles. The van der Waals surface area contributed by atoms with E-state index in [-0.39, 0.29) is 10.3 Å². The molecule has 7 heteroatoms. The van der Waals surface area contributed by atoms with Crippen molar-refractivity contribution in [2.24, 2.45) is 0 Å². The number of aromatic nitrogens is 2. The quantitative estimate of drug-likeness (QED) is 0.840. The maximum Gasteiger partial charge on any atom is 0.240 e. The molecule has 20 heavy (non-hydrogen) atoms. The molecule has 0 spiro atoms. The van der Waals surface area contributed by atoms with Gasteiger partial charge in [-0.1, -0.05) is 12.1 Å². The van der Waals surface area contributed by atoms with E-state index in [0.29, 0.717) is 24.0 Å². The van der Waals surface area contributed by atoms with Crippen LogP contribution in [0.2, 0.25) is 0 Å². The number of nitrogens with one attached hydrogen (secondary N) is 1. The SMILES string of the molecule is CCC(C)NCc1nc(-c2ccc(F)c(F)c2Br)no1. The van der Waals surface area contributed by atoms with Crippen molar-refractivity contribution in [3.8, 4) is 11.4 Å². The second-order valence-electron chi connectivity index (χ2n) is 4.42. The van der Waals surface area contributed by atoms with Gasteiger partial charge in [0.25, 0.3) is 0 Å². The smallest absolute Gasteiger partial charge is 0.240 e. The number of benzene rings is 1. The lowest BCUT2D eigenvalue weighted by atomic mass is 10.2. The predicted octanol–water partition coefficient (Wildman–Crippen LogP) is 3.67. The molecular weight excluding hydrogens is 332 g/mol. The molecule has 0 aliphatic carbocycles. The van der Waals surface area contributed by atoms with Gasteiger partial charge in [-0.3, -0.25) is 0 Å². The molecule has 0 bridgehead atoms. The zero-order valence-corrected chi connectivity index (χ0v) is 12.7. The number of nitrogens with zero attached hydrogens (tertiary/aromatic N) is 2. The Kier molecular flexibility index (Phi) is 4.82. The lowest BCUT2D eigenvalue weighted by Gasteiger charge is -2.07. The lowest BCUT2D eigenvalue weighted by Crippen LogP contribution is -2.24. The van der Waals surface area contributed by atoms with E-state index in [9.17, 15) is 8.78 Å². The van der Waals surface area contributed by atoms with Crippen LogP contribution in [0.5, 0.6) is 0 Å². The zero-order valence-electron chi connectivity index (χ0n) is 11.1. The van der Waals surface area contributed by atoms with Gasteiger partial charge in [0, 0.05) is 11.6 Å². The van der Waals surface area contributed by atoms with Crippen molar-refractivity contribution >= 4 is 15.9 Å². The Morgan fingerprint density at radius 3 is 2.85 bits per heavy atom. The van der Waals surface area contributed by atoms with Crippen molar-refractivity contribution < 1.29 is 13.3 Å². The first-order chi connectivity index (χ1) is 9.52. The van der Waals surface area contributed by atoms with E-state index in [2.05, 4.69) is 38.3 Å². The first-order valence-corrected chi connectivity index (χ1v) is 7.02. The van der Waals surface area contributed by atoms with Crippen LogP contribution in [0.15, 0.2) is 21.1 Å². The van der Waals surface area contributed by atoms with Crippen molar-refractivity contribution in [2.45, 2.75) is 32.9 Å². The number of halogens is 3. The fourth-order valence-corrected chi connectivity index (χ4v) is 2.04. The third-order valence-electron chi connectivity index (χ3n) is 2.96. The summed E-state index contributed by atoms with van der Waals surface area (Å²) < 4.78 is 31.6. The van der Waals surface area contributed by atoms with Crippen LogP contribution in [-0.4, -0.2) is 16.2 Å². The molecule has 1 aromatic heterocycles. The molecule has 1 heterocycles. The van der Waals surface area contributed by atoms with Crippen LogP contribution in [0.1, 0.15) is 26.2 Å². The number of hydrogen-bond donors (Lipinski definition) is 1. The van der Waals surface area contributed by atoms with E-state index in [0.717, 1.165) is 12.5 Å². The van der Waals surface area contributed by atoms with Gasteiger partial charge < -0.3 is 9.84 Å². The molecule has 0 amide bonds. The average molecular weight is 346 g/mol. The van der Waals surface area contributed by atoms with Crippen LogP contribution in [0.25, 0.3) is 11.4 Å². The van der Waals surface area contributed by atoms with Gasteiger partial charge >= 0.3 is 0 Å². The Hall–Kier alpha value is -1.34. The highest BCUT2D eigenvalue weighted by atomic mass is 79.9. The summed E-state index contributed by atoms with van der Waals surface area (Å²) in [7, 11) is 0. The molecule has 108 valence electrons. The second-order valence-corrected chi connectivity index (χ2v) is 5.22. The van der Waals surface area contributed by atoms with Gasteiger partial charge in [0.15, 0.2) is 11.6 Å². The molecule has 0 radical (unpaired) electrons. The van der Waals surface area contributed by atoms with Gasteiger partial charge in [-0.05, 0) is 41.4 Å². The Morgan fingerprint density at radius 2 is 2.15 bits per heavy atom. The maximum absolute atomic E-state index is 13.5. The van der Waals surface area contributed by atoms with Crippen LogP contribution < -0.4 is 5.32 Å². The molecule has 1 aromatic carbocycles. The van der Waals surface area contributed by atoms with E-state index in [4.69, 9.17) is 4.52 Å². The Morgan fingerprint density at radius 1 is 1.40 bits per heavy atom. The van der Waals surface area contributed by atoms with E-state index >= 15 is 0 Å². The third kappa shape index (κ3) is 3.21. The minimum absolute atomic E-state index is 0.0141. The second kappa shape index (κ2) is 6.41. The van der Waals surface area contributed by atoms with Gasteiger partial charge in [-0.15, -0.1) is 0 Å². The summed E-state index contributed by atoms with van der Waals surface area (Å²) in [5, 5.41) is 6.98. The largest absolute Gasteiger partial charge is 0.338 e. The molecule has 2 rings (SSSR count). The zero-order chi connectivity index (χ0) is 14.7. The van der Waals surface area contributed by atoms with Gasteiger partial charge in [0.05, 0.1) is 11.0 Å². The summed E-state index contributed by atoms with van der Waals surface area (Å²) in [6.45, 7) is 4.54. The van der Waals surface area contributed by atoms with Crippen LogP contribution in [0.3, 0.4) is 0 Å². The standard InChI is InChI=1S/C13H14BrF2N3O/c1-3-7(2)17-6-10-18-13(19-20-10)8-4-5-9(15)12(16)11(8)14/h4-5,7,17H,3,6H2,1-2H3. The van der Waals surface area contributed by atoms with Crippen molar-refractivity contribution in [1.82, 2.24) is 15.5 Å². The summed E-state index contributed by atoms with van der Waals surface area (Å²) in [5.74, 6) is -1.27. The molecule has 0 saturated heterocycles. The van der Waals surface area contributed by atoms with Gasteiger partial charge in [0.2, 0.25) is 11.7 Å². The van der Waals surface area contributed by atoms with Crippen molar-refractivity contribution in [3.05, 3.63) is 34.1 Å². The number of rotatable bonds is 5. The lowest BCUT2D eigenvalue weighted by molar-refractivity contribution is 0.358. The normalized spacial score (nSPS) is 12.7. The Labute approximate surface area is 123 Å². The molecule has 4 nitrogen and oxygen atoms in total. The monoisotopic (exact) mass is 345 g/mol. The van der Waals surface area contributed by atoms with E-state index in [1.54, 1.807) is 0 Å². The minimum Gasteiger partial charge on any atom is -0.338 e. The Balaban J connectivity index is 2.19. The highest BCUT2D eigenvalue weighted by Gasteiger charge is 2.17. The molecular formula is C13H14BrF2N3O. The summed E-state index contributed by atoms with van der Waals surface area (Å²) >= 11 is 3.00. The van der Waals surface area contributed by atoms with Crippen molar-refractivity contribution in [2.75, 3.05) is 0 Å². The van der Waals surface area contributed by atoms with E-state index in [1.807, 2.05) is 6.92 Å². The molecule has 0 fully saturated rings. The molecule has 1 unspecified atom stereocenters.